The number of nitrogens with zero attached hydrogens (tertiary/aromatic N) is 1. The van der Waals surface area contributed by atoms with E-state index in [4.69, 9.17) is 0 Å². The molecule has 1 unspecified atom stereocenters. The third-order valence-electron chi connectivity index (χ3n) is 4.00. The van der Waals surface area contributed by atoms with Crippen LogP contribution in [0.4, 0.5) is 0 Å². The Labute approximate surface area is 139 Å². The first-order chi connectivity index (χ1) is 10.7. The highest BCUT2D eigenvalue weighted by molar-refractivity contribution is 5.89. The van der Waals surface area contributed by atoms with Crippen LogP contribution in [0.3, 0.4) is 0 Å². The molecule has 23 heavy (non-hydrogen) atoms. The van der Waals surface area contributed by atoms with Crippen LogP contribution in [0.2, 0.25) is 0 Å². The molecule has 1 aliphatic rings. The van der Waals surface area contributed by atoms with Crippen molar-refractivity contribution in [1.82, 2.24) is 15.5 Å². The number of hydrogen-bond acceptors (Lipinski definition) is 3. The van der Waals surface area contributed by atoms with Crippen LogP contribution in [-0.4, -0.2) is 48.3 Å². The molecule has 132 valence electrons. The second kappa shape index (κ2) is 8.89. The Bertz CT molecular complexity index is 429. The van der Waals surface area contributed by atoms with E-state index >= 15 is 0 Å². The summed E-state index contributed by atoms with van der Waals surface area (Å²) in [4.78, 5) is 37.6. The Morgan fingerprint density at radius 2 is 1.91 bits per heavy atom. The van der Waals surface area contributed by atoms with Gasteiger partial charge in [0, 0.05) is 31.5 Å². The van der Waals surface area contributed by atoms with E-state index in [0.29, 0.717) is 19.5 Å². The number of likely N-dealkylation sites (tertiary alicyclic amines) is 1. The van der Waals surface area contributed by atoms with E-state index in [2.05, 4.69) is 10.6 Å². The van der Waals surface area contributed by atoms with Crippen molar-refractivity contribution in [2.75, 3.05) is 19.6 Å². The van der Waals surface area contributed by atoms with E-state index < -0.39 is 11.5 Å². The van der Waals surface area contributed by atoms with Crippen molar-refractivity contribution < 1.29 is 14.4 Å². The van der Waals surface area contributed by atoms with Crippen molar-refractivity contribution >= 4 is 17.7 Å². The smallest absolute Gasteiger partial charge is 0.242 e. The van der Waals surface area contributed by atoms with Crippen LogP contribution in [0.5, 0.6) is 0 Å². The molecule has 0 saturated carbocycles. The summed E-state index contributed by atoms with van der Waals surface area (Å²) >= 11 is 0. The standard InChI is InChI=1S/C17H31N3O3/c1-13(19-16(23)17(2,3)4)15(22)18-10-8-12-20-11-7-5-6-9-14(20)21/h13H,5-12H2,1-4H3,(H,18,22)(H,19,23). The number of hydrogen-bond donors (Lipinski definition) is 2. The average molecular weight is 325 g/mol. The average Bonchev–Trinajstić information content (AvgIpc) is 2.67. The van der Waals surface area contributed by atoms with E-state index in [1.54, 1.807) is 6.92 Å². The first-order valence-electron chi connectivity index (χ1n) is 8.58. The third kappa shape index (κ3) is 7.01. The summed E-state index contributed by atoms with van der Waals surface area (Å²) in [5.41, 5.74) is -0.512. The van der Waals surface area contributed by atoms with Gasteiger partial charge in [-0.25, -0.2) is 0 Å². The highest BCUT2D eigenvalue weighted by Crippen LogP contribution is 2.13. The van der Waals surface area contributed by atoms with Crippen molar-refractivity contribution in [3.63, 3.8) is 0 Å². The van der Waals surface area contributed by atoms with Crippen LogP contribution < -0.4 is 10.6 Å². The van der Waals surface area contributed by atoms with Gasteiger partial charge in [-0.05, 0) is 26.2 Å². The summed E-state index contributed by atoms with van der Waals surface area (Å²) in [7, 11) is 0. The number of nitrogens with one attached hydrogen (secondary N) is 2. The fourth-order valence-corrected chi connectivity index (χ4v) is 2.39. The minimum Gasteiger partial charge on any atom is -0.354 e. The molecule has 0 bridgehead atoms. The molecule has 0 aliphatic carbocycles. The van der Waals surface area contributed by atoms with Crippen LogP contribution in [0.1, 0.15) is 59.8 Å². The van der Waals surface area contributed by atoms with Gasteiger partial charge in [-0.2, -0.15) is 0 Å². The van der Waals surface area contributed by atoms with Crippen LogP contribution in [-0.2, 0) is 14.4 Å². The van der Waals surface area contributed by atoms with Crippen LogP contribution in [0.25, 0.3) is 0 Å². The van der Waals surface area contributed by atoms with Crippen molar-refractivity contribution in [1.29, 1.82) is 0 Å². The normalized spacial score (nSPS) is 17.4. The van der Waals surface area contributed by atoms with Gasteiger partial charge in [0.2, 0.25) is 17.7 Å². The highest BCUT2D eigenvalue weighted by Gasteiger charge is 2.25. The van der Waals surface area contributed by atoms with Gasteiger partial charge >= 0.3 is 0 Å². The summed E-state index contributed by atoms with van der Waals surface area (Å²) in [6, 6.07) is -0.554. The molecule has 1 saturated heterocycles. The Morgan fingerprint density at radius 3 is 2.57 bits per heavy atom. The maximum Gasteiger partial charge on any atom is 0.242 e. The fraction of sp³-hybridized carbons (Fsp3) is 0.824. The lowest BCUT2D eigenvalue weighted by atomic mass is 9.95. The third-order valence-corrected chi connectivity index (χ3v) is 4.00. The lowest BCUT2D eigenvalue weighted by molar-refractivity contribution is -0.133. The molecule has 0 spiro atoms. The molecule has 2 N–H and O–H groups in total. The second-order valence-electron chi connectivity index (χ2n) is 7.28. The first kappa shape index (κ1) is 19.5. The molecule has 0 aromatic rings. The molecule has 0 aromatic heterocycles. The van der Waals surface area contributed by atoms with Gasteiger partial charge in [0.15, 0.2) is 0 Å². The number of carbonyl (C=O) groups excluding carboxylic acids is 3. The van der Waals surface area contributed by atoms with Gasteiger partial charge in [0.25, 0.3) is 0 Å². The van der Waals surface area contributed by atoms with Gasteiger partial charge < -0.3 is 15.5 Å². The van der Waals surface area contributed by atoms with Crippen molar-refractivity contribution in [3.8, 4) is 0 Å². The molecular weight excluding hydrogens is 294 g/mol. The summed E-state index contributed by atoms with van der Waals surface area (Å²) in [5.74, 6) is -0.111. The lowest BCUT2D eigenvalue weighted by Gasteiger charge is -2.22. The summed E-state index contributed by atoms with van der Waals surface area (Å²) in [5, 5.41) is 5.53. The lowest BCUT2D eigenvalue weighted by Crippen LogP contribution is -2.48. The van der Waals surface area contributed by atoms with Crippen molar-refractivity contribution in [2.45, 2.75) is 65.8 Å². The highest BCUT2D eigenvalue weighted by atomic mass is 16.2. The van der Waals surface area contributed by atoms with Crippen LogP contribution in [0.15, 0.2) is 0 Å². The van der Waals surface area contributed by atoms with Crippen LogP contribution in [0, 0.1) is 5.41 Å². The van der Waals surface area contributed by atoms with E-state index in [0.717, 1.165) is 32.2 Å². The van der Waals surface area contributed by atoms with Gasteiger partial charge in [-0.1, -0.05) is 27.2 Å². The second-order valence-corrected chi connectivity index (χ2v) is 7.28. The monoisotopic (exact) mass is 325 g/mol. The predicted octanol–water partition coefficient (Wildman–Crippen LogP) is 1.45. The molecule has 0 radical (unpaired) electrons. The fourth-order valence-electron chi connectivity index (χ4n) is 2.39. The van der Waals surface area contributed by atoms with Crippen molar-refractivity contribution in [3.05, 3.63) is 0 Å². The van der Waals surface area contributed by atoms with Gasteiger partial charge in [-0.3, -0.25) is 14.4 Å². The molecule has 1 atom stereocenters. The Hall–Kier alpha value is -1.59. The minimum atomic E-state index is -0.554. The van der Waals surface area contributed by atoms with E-state index in [1.807, 2.05) is 25.7 Å². The van der Waals surface area contributed by atoms with E-state index in [-0.39, 0.29) is 17.7 Å². The molecule has 6 nitrogen and oxygen atoms in total. The zero-order valence-corrected chi connectivity index (χ0v) is 14.9. The topological polar surface area (TPSA) is 78.5 Å². The Kier molecular flexibility index (Phi) is 7.52. The molecule has 1 heterocycles. The molecule has 3 amide bonds. The molecule has 1 aliphatic heterocycles. The Balaban J connectivity index is 2.25. The zero-order chi connectivity index (χ0) is 17.5. The van der Waals surface area contributed by atoms with Gasteiger partial charge in [0.05, 0.1) is 0 Å². The minimum absolute atomic E-state index is 0.143. The molecule has 0 aromatic carbocycles. The van der Waals surface area contributed by atoms with Crippen molar-refractivity contribution in [2.24, 2.45) is 5.41 Å². The maximum absolute atomic E-state index is 12.0. The van der Waals surface area contributed by atoms with Gasteiger partial charge in [-0.15, -0.1) is 0 Å². The number of carbonyl (C=O) groups is 3. The predicted molar refractivity (Wildman–Crippen MR) is 89.7 cm³/mol. The van der Waals surface area contributed by atoms with E-state index in [1.165, 1.54) is 0 Å². The molecular formula is C17H31N3O3. The zero-order valence-electron chi connectivity index (χ0n) is 14.9. The summed E-state index contributed by atoms with van der Waals surface area (Å²) in [6.07, 6.45) is 4.54. The molecule has 1 fully saturated rings. The SMILES string of the molecule is CC(NC(=O)C(C)(C)C)C(=O)NCCCN1CCCCCC1=O. The quantitative estimate of drug-likeness (QED) is 0.726. The number of rotatable bonds is 6. The number of amides is 3. The van der Waals surface area contributed by atoms with Crippen LogP contribution >= 0.6 is 0 Å². The maximum atomic E-state index is 12.0. The Morgan fingerprint density at radius 1 is 1.22 bits per heavy atom. The molecule has 1 rings (SSSR count). The van der Waals surface area contributed by atoms with Gasteiger partial charge in [0.1, 0.15) is 6.04 Å². The largest absolute Gasteiger partial charge is 0.354 e. The summed E-state index contributed by atoms with van der Waals surface area (Å²) in [6.45, 7) is 9.13. The van der Waals surface area contributed by atoms with E-state index in [9.17, 15) is 14.4 Å². The summed E-state index contributed by atoms with van der Waals surface area (Å²) < 4.78 is 0. The first-order valence-corrected chi connectivity index (χ1v) is 8.58. The molecule has 6 heteroatoms.